The van der Waals surface area contributed by atoms with Crippen molar-refractivity contribution in [3.63, 3.8) is 0 Å². The molecule has 1 fully saturated rings. The largest absolute Gasteiger partial charge is 0.320 e. The predicted molar refractivity (Wildman–Crippen MR) is 121 cm³/mol. The van der Waals surface area contributed by atoms with Gasteiger partial charge < -0.3 is 5.32 Å². The van der Waals surface area contributed by atoms with Gasteiger partial charge in [-0.1, -0.05) is 41.2 Å². The molecule has 31 heavy (non-hydrogen) atoms. The number of sulfonamides is 1. The highest BCUT2D eigenvalue weighted by Gasteiger charge is 2.32. The third-order valence-electron chi connectivity index (χ3n) is 5.30. The first-order chi connectivity index (χ1) is 14.8. The molecule has 1 N–H and O–H groups in total. The van der Waals surface area contributed by atoms with Crippen molar-refractivity contribution >= 4 is 33.0 Å². The van der Waals surface area contributed by atoms with Crippen molar-refractivity contribution in [1.82, 2.24) is 14.5 Å². The lowest BCUT2D eigenvalue weighted by Gasteiger charge is -2.30. The van der Waals surface area contributed by atoms with Gasteiger partial charge in [0.1, 0.15) is 5.01 Å². The summed E-state index contributed by atoms with van der Waals surface area (Å²) in [5.41, 5.74) is 2.71. The number of nitrogens with zero attached hydrogens (tertiary/aromatic N) is 3. The van der Waals surface area contributed by atoms with E-state index in [4.69, 9.17) is 0 Å². The van der Waals surface area contributed by atoms with E-state index in [9.17, 15) is 13.2 Å². The van der Waals surface area contributed by atoms with Crippen LogP contribution in [-0.2, 0) is 10.0 Å². The van der Waals surface area contributed by atoms with E-state index in [1.807, 2.05) is 44.2 Å². The Morgan fingerprint density at radius 1 is 1.10 bits per heavy atom. The highest BCUT2D eigenvalue weighted by atomic mass is 32.2. The third kappa shape index (κ3) is 4.84. The average molecular weight is 457 g/mol. The smallest absolute Gasteiger partial charge is 0.286 e. The van der Waals surface area contributed by atoms with Crippen LogP contribution in [0.2, 0.25) is 0 Å². The number of nitrogens with one attached hydrogen (secondary N) is 1. The van der Waals surface area contributed by atoms with Crippen LogP contribution in [0.5, 0.6) is 0 Å². The second-order valence-corrected chi connectivity index (χ2v) is 10.7. The number of aromatic nitrogens is 2. The fourth-order valence-corrected chi connectivity index (χ4v) is 6.09. The van der Waals surface area contributed by atoms with Gasteiger partial charge in [-0.3, -0.25) is 4.79 Å². The minimum absolute atomic E-state index is 0.0771. The maximum atomic E-state index is 13.1. The van der Waals surface area contributed by atoms with E-state index in [2.05, 4.69) is 15.5 Å². The third-order valence-corrected chi connectivity index (χ3v) is 8.25. The average Bonchev–Trinajstić information content (AvgIpc) is 3.26. The molecule has 0 unspecified atom stereocenters. The first kappa shape index (κ1) is 21.6. The second kappa shape index (κ2) is 8.86. The summed E-state index contributed by atoms with van der Waals surface area (Å²) in [6, 6.07) is 14.5. The van der Waals surface area contributed by atoms with Crippen molar-refractivity contribution in [3.8, 4) is 0 Å². The van der Waals surface area contributed by atoms with Crippen molar-refractivity contribution in [1.29, 1.82) is 0 Å². The van der Waals surface area contributed by atoms with E-state index >= 15 is 0 Å². The molecule has 0 spiro atoms. The fourth-order valence-electron chi connectivity index (χ4n) is 3.60. The van der Waals surface area contributed by atoms with Gasteiger partial charge in [0.15, 0.2) is 0 Å². The lowest BCUT2D eigenvalue weighted by atomic mass is 10.0. The zero-order chi connectivity index (χ0) is 22.0. The normalized spacial score (nSPS) is 17.4. The Labute approximate surface area is 186 Å². The number of carbonyl (C=O) groups is 1. The molecule has 2 heterocycles. The predicted octanol–water partition coefficient (Wildman–Crippen LogP) is 3.98. The molecular formula is C22H24N4O3S2. The fraction of sp³-hybridized carbons (Fsp3) is 0.318. The summed E-state index contributed by atoms with van der Waals surface area (Å²) in [5.74, 6) is -0.389. The Morgan fingerprint density at radius 3 is 2.61 bits per heavy atom. The molecule has 9 heteroatoms. The summed E-state index contributed by atoms with van der Waals surface area (Å²) in [4.78, 5) is 12.8. The van der Waals surface area contributed by atoms with E-state index in [0.717, 1.165) is 24.0 Å². The summed E-state index contributed by atoms with van der Waals surface area (Å²) in [5, 5.41) is 12.0. The summed E-state index contributed by atoms with van der Waals surface area (Å²) in [6.45, 7) is 4.68. The van der Waals surface area contributed by atoms with Crippen LogP contribution in [0.25, 0.3) is 0 Å². The molecule has 1 aliphatic rings. The first-order valence-corrected chi connectivity index (χ1v) is 12.4. The van der Waals surface area contributed by atoms with Crippen LogP contribution >= 0.6 is 11.3 Å². The number of piperidine rings is 1. The molecule has 0 aliphatic carbocycles. The van der Waals surface area contributed by atoms with Crippen molar-refractivity contribution in [2.75, 3.05) is 18.4 Å². The van der Waals surface area contributed by atoms with Crippen LogP contribution < -0.4 is 5.32 Å². The van der Waals surface area contributed by atoms with Gasteiger partial charge in [-0.25, -0.2) is 8.42 Å². The molecule has 4 rings (SSSR count). The molecule has 7 nitrogen and oxygen atoms in total. The zero-order valence-corrected chi connectivity index (χ0v) is 19.0. The van der Waals surface area contributed by atoms with E-state index in [0.29, 0.717) is 28.7 Å². The molecule has 1 saturated heterocycles. The molecular weight excluding hydrogens is 432 g/mol. The van der Waals surface area contributed by atoms with E-state index in [-0.39, 0.29) is 16.8 Å². The van der Waals surface area contributed by atoms with Gasteiger partial charge >= 0.3 is 0 Å². The highest BCUT2D eigenvalue weighted by Crippen LogP contribution is 2.32. The molecule has 1 amide bonds. The van der Waals surface area contributed by atoms with Crippen molar-refractivity contribution in [3.05, 3.63) is 69.7 Å². The molecule has 1 atom stereocenters. The molecule has 0 bridgehead atoms. The van der Waals surface area contributed by atoms with Gasteiger partial charge in [-0.2, -0.15) is 4.31 Å². The van der Waals surface area contributed by atoms with Gasteiger partial charge in [0.05, 0.1) is 4.90 Å². The zero-order valence-electron chi connectivity index (χ0n) is 17.4. The number of benzene rings is 2. The van der Waals surface area contributed by atoms with Gasteiger partial charge in [-0.15, -0.1) is 10.2 Å². The number of anilines is 1. The number of rotatable bonds is 5. The first-order valence-electron chi connectivity index (χ1n) is 10.1. The van der Waals surface area contributed by atoms with E-state index < -0.39 is 10.0 Å². The second-order valence-electron chi connectivity index (χ2n) is 7.78. The lowest BCUT2D eigenvalue weighted by molar-refractivity contribution is 0.102. The summed E-state index contributed by atoms with van der Waals surface area (Å²) in [6.07, 6.45) is 1.55. The van der Waals surface area contributed by atoms with Crippen LogP contribution in [0, 0.1) is 13.8 Å². The van der Waals surface area contributed by atoms with Crippen LogP contribution in [0.3, 0.4) is 0 Å². The molecule has 162 valence electrons. The van der Waals surface area contributed by atoms with E-state index in [1.165, 1.54) is 15.6 Å². The van der Waals surface area contributed by atoms with Crippen molar-refractivity contribution in [2.24, 2.45) is 0 Å². The molecule has 1 aliphatic heterocycles. The summed E-state index contributed by atoms with van der Waals surface area (Å²) in [7, 11) is -3.57. The minimum Gasteiger partial charge on any atom is -0.320 e. The molecule has 0 radical (unpaired) electrons. The number of carbonyl (C=O) groups excluding carboxylic acids is 1. The lowest BCUT2D eigenvalue weighted by Crippen LogP contribution is -2.39. The molecule has 2 aromatic carbocycles. The van der Waals surface area contributed by atoms with Gasteiger partial charge in [0.2, 0.25) is 15.0 Å². The topological polar surface area (TPSA) is 92.3 Å². The maximum absolute atomic E-state index is 13.1. The van der Waals surface area contributed by atoms with Gasteiger partial charge in [0, 0.05) is 24.7 Å². The summed E-state index contributed by atoms with van der Waals surface area (Å²) >= 11 is 1.23. The van der Waals surface area contributed by atoms with Gasteiger partial charge in [-0.05, 0) is 56.5 Å². The summed E-state index contributed by atoms with van der Waals surface area (Å²) < 4.78 is 27.7. The Hall–Kier alpha value is -2.62. The molecule has 0 saturated carbocycles. The Morgan fingerprint density at radius 2 is 1.87 bits per heavy atom. The number of amides is 1. The monoisotopic (exact) mass is 456 g/mol. The van der Waals surface area contributed by atoms with Gasteiger partial charge in [0.25, 0.3) is 5.91 Å². The molecule has 1 aromatic heterocycles. The van der Waals surface area contributed by atoms with Crippen molar-refractivity contribution < 1.29 is 13.2 Å². The van der Waals surface area contributed by atoms with E-state index in [1.54, 1.807) is 18.2 Å². The SMILES string of the molecule is Cc1ccc(NC(=O)c2nnc([C@@H]3CCCN(S(=O)(=O)c4cccc(C)c4)C3)s2)cc1. The Bertz CT molecular complexity index is 1190. The number of hydrogen-bond donors (Lipinski definition) is 1. The highest BCUT2D eigenvalue weighted by molar-refractivity contribution is 7.89. The van der Waals surface area contributed by atoms with Crippen LogP contribution in [0.15, 0.2) is 53.4 Å². The van der Waals surface area contributed by atoms with Crippen molar-refractivity contribution in [2.45, 2.75) is 37.5 Å². The van der Waals surface area contributed by atoms with Crippen LogP contribution in [-0.4, -0.2) is 41.9 Å². The quantitative estimate of drug-likeness (QED) is 0.627. The number of hydrogen-bond acceptors (Lipinski definition) is 6. The number of aryl methyl sites for hydroxylation is 2. The van der Waals surface area contributed by atoms with Crippen LogP contribution in [0.4, 0.5) is 5.69 Å². The minimum atomic E-state index is -3.57. The van der Waals surface area contributed by atoms with Crippen LogP contribution in [0.1, 0.15) is 44.7 Å². The maximum Gasteiger partial charge on any atom is 0.286 e. The molecule has 3 aromatic rings. The Balaban J connectivity index is 1.47. The standard InChI is InChI=1S/C22H24N4O3S2/c1-15-8-10-18(11-9-15)23-20(27)22-25-24-21(30-22)17-6-4-12-26(14-17)31(28,29)19-7-3-5-16(2)13-19/h3,5,7-11,13,17H,4,6,12,14H2,1-2H3,(H,23,27)/t17-/m1/s1. The Kier molecular flexibility index (Phi) is 6.17.